The first-order chi connectivity index (χ1) is 8.62. The molecule has 0 unspecified atom stereocenters. The zero-order chi connectivity index (χ0) is 13.0. The van der Waals surface area contributed by atoms with Gasteiger partial charge in [-0.1, -0.05) is 6.92 Å². The van der Waals surface area contributed by atoms with Gasteiger partial charge < -0.3 is 10.6 Å². The molecule has 8 heteroatoms. The fraction of sp³-hybridized carbons (Fsp3) is 0.545. The quantitative estimate of drug-likeness (QED) is 0.734. The average molecular weight is 415 g/mol. The Hall–Kier alpha value is -0.350. The summed E-state index contributed by atoms with van der Waals surface area (Å²) in [6.45, 7) is 4.05. The number of rotatable bonds is 4. The van der Waals surface area contributed by atoms with E-state index < -0.39 is 9.84 Å². The number of hydrogen-bond acceptors (Lipinski definition) is 6. The Bertz CT molecular complexity index is 540. The maximum absolute atomic E-state index is 11.7. The van der Waals surface area contributed by atoms with Gasteiger partial charge in [-0.05, 0) is 18.6 Å². The smallest absolute Gasteiger partial charge is 0.191 e. The van der Waals surface area contributed by atoms with Gasteiger partial charge in [0.2, 0.25) is 0 Å². The first kappa shape index (κ1) is 16.7. The molecule has 0 radical (unpaired) electrons. The van der Waals surface area contributed by atoms with Gasteiger partial charge in [0.25, 0.3) is 0 Å². The number of halogens is 1. The van der Waals surface area contributed by atoms with E-state index in [1.54, 1.807) is 13.0 Å². The summed E-state index contributed by atoms with van der Waals surface area (Å²) < 4.78 is 23.8. The minimum absolute atomic E-state index is 0. The Balaban J connectivity index is 0.00000180. The number of hydrogen-bond donors (Lipinski definition) is 2. The van der Waals surface area contributed by atoms with Crippen molar-refractivity contribution in [2.45, 2.75) is 24.1 Å². The van der Waals surface area contributed by atoms with E-state index in [0.717, 1.165) is 30.3 Å². The minimum atomic E-state index is -3.08. The second-order valence-corrected chi connectivity index (χ2v) is 7.66. The van der Waals surface area contributed by atoms with Gasteiger partial charge in [-0.25, -0.2) is 8.42 Å². The molecule has 1 aliphatic heterocycles. The van der Waals surface area contributed by atoms with Crippen molar-refractivity contribution >= 4 is 51.1 Å². The Morgan fingerprint density at radius 1 is 1.47 bits per heavy atom. The van der Waals surface area contributed by atoms with Crippen LogP contribution in [0.2, 0.25) is 0 Å². The molecule has 0 spiro atoms. The van der Waals surface area contributed by atoms with Crippen LogP contribution in [0.15, 0.2) is 21.3 Å². The van der Waals surface area contributed by atoms with Crippen LogP contribution in [0, 0.1) is 0 Å². The lowest BCUT2D eigenvalue weighted by Gasteiger charge is -2.15. The van der Waals surface area contributed by atoms with Gasteiger partial charge in [0.05, 0.1) is 12.3 Å². The summed E-state index contributed by atoms with van der Waals surface area (Å²) in [5.41, 5.74) is 0. The van der Waals surface area contributed by atoms with Crippen LogP contribution in [0.3, 0.4) is 0 Å². The van der Waals surface area contributed by atoms with Gasteiger partial charge in [-0.3, -0.25) is 4.99 Å². The Morgan fingerprint density at radius 2 is 2.26 bits per heavy atom. The lowest BCUT2D eigenvalue weighted by Crippen LogP contribution is -2.40. The van der Waals surface area contributed by atoms with Crippen LogP contribution in [0.1, 0.15) is 18.2 Å². The molecule has 0 atom stereocenters. The molecular weight excluding hydrogens is 397 g/mol. The van der Waals surface area contributed by atoms with Crippen molar-refractivity contribution in [3.8, 4) is 0 Å². The molecule has 2 rings (SSSR count). The molecule has 1 aromatic rings. The molecule has 1 aliphatic rings. The van der Waals surface area contributed by atoms with Crippen LogP contribution < -0.4 is 10.6 Å². The molecule has 2 N–H and O–H groups in total. The topological polar surface area (TPSA) is 70.6 Å². The third kappa shape index (κ3) is 4.60. The van der Waals surface area contributed by atoms with Gasteiger partial charge in [0.15, 0.2) is 15.8 Å². The predicted molar refractivity (Wildman–Crippen MR) is 89.2 cm³/mol. The van der Waals surface area contributed by atoms with Crippen molar-refractivity contribution in [3.05, 3.63) is 17.0 Å². The summed E-state index contributed by atoms with van der Waals surface area (Å²) in [5.74, 6) is 0.948. The number of aliphatic imine (C=N–C) groups is 1. The highest BCUT2D eigenvalue weighted by Crippen LogP contribution is 2.22. The first-order valence-electron chi connectivity index (χ1n) is 5.95. The largest absolute Gasteiger partial charge is 0.356 e. The van der Waals surface area contributed by atoms with Crippen LogP contribution in [0.5, 0.6) is 0 Å². The number of sulfone groups is 1. The van der Waals surface area contributed by atoms with E-state index in [9.17, 15) is 8.42 Å². The van der Waals surface area contributed by atoms with Gasteiger partial charge in [0, 0.05) is 18.0 Å². The molecule has 0 bridgehead atoms. The third-order valence-corrected chi connectivity index (χ3v) is 6.05. The molecule has 0 aliphatic carbocycles. The highest BCUT2D eigenvalue weighted by Gasteiger charge is 2.14. The highest BCUT2D eigenvalue weighted by atomic mass is 127. The second kappa shape index (κ2) is 7.44. The van der Waals surface area contributed by atoms with E-state index >= 15 is 0 Å². The second-order valence-electron chi connectivity index (χ2n) is 3.99. The Labute approximate surface area is 134 Å². The molecule has 0 saturated carbocycles. The number of guanidine groups is 1. The first-order valence-corrected chi connectivity index (χ1v) is 8.42. The average Bonchev–Trinajstić information content (AvgIpc) is 2.87. The molecule has 108 valence electrons. The van der Waals surface area contributed by atoms with E-state index in [0.29, 0.717) is 10.8 Å². The van der Waals surface area contributed by atoms with Crippen LogP contribution in [0.4, 0.5) is 0 Å². The lowest BCUT2D eigenvalue weighted by atomic mass is 10.4. The van der Waals surface area contributed by atoms with Gasteiger partial charge in [-0.15, -0.1) is 35.3 Å². The van der Waals surface area contributed by atoms with Crippen molar-refractivity contribution < 1.29 is 8.42 Å². The van der Waals surface area contributed by atoms with Crippen LogP contribution in [-0.2, 0) is 16.4 Å². The van der Waals surface area contributed by atoms with Crippen molar-refractivity contribution in [3.63, 3.8) is 0 Å². The lowest BCUT2D eigenvalue weighted by molar-refractivity contribution is 0.599. The SMILES string of the molecule is CCS(=O)(=O)c1ccc(CNC2=NCCCN2)s1.I. The van der Waals surface area contributed by atoms with Gasteiger partial charge >= 0.3 is 0 Å². The summed E-state index contributed by atoms with van der Waals surface area (Å²) in [6, 6.07) is 3.53. The van der Waals surface area contributed by atoms with E-state index in [1.807, 2.05) is 6.07 Å². The molecule has 1 aromatic heterocycles. The standard InChI is InChI=1S/C11H17N3O2S2.HI/c1-2-18(15,16)10-5-4-9(17-10)8-14-11-12-6-3-7-13-11;/h4-5H,2-3,6-8H2,1H3,(H2,12,13,14);1H. The molecule has 0 amide bonds. The molecule has 19 heavy (non-hydrogen) atoms. The van der Waals surface area contributed by atoms with Crippen LogP contribution in [-0.4, -0.2) is 33.2 Å². The molecule has 0 fully saturated rings. The summed E-state index contributed by atoms with van der Waals surface area (Å²) in [4.78, 5) is 5.29. The summed E-state index contributed by atoms with van der Waals surface area (Å²) in [5, 5.41) is 6.34. The Morgan fingerprint density at radius 3 is 2.89 bits per heavy atom. The zero-order valence-corrected chi connectivity index (χ0v) is 14.6. The van der Waals surface area contributed by atoms with Crippen molar-refractivity contribution in [1.29, 1.82) is 0 Å². The maximum Gasteiger partial charge on any atom is 0.191 e. The van der Waals surface area contributed by atoms with Gasteiger partial charge in [0.1, 0.15) is 4.21 Å². The number of thiophene rings is 1. The van der Waals surface area contributed by atoms with E-state index in [-0.39, 0.29) is 29.7 Å². The number of nitrogens with one attached hydrogen (secondary N) is 2. The van der Waals surface area contributed by atoms with Gasteiger partial charge in [-0.2, -0.15) is 0 Å². The molecule has 2 heterocycles. The molecule has 0 aromatic carbocycles. The van der Waals surface area contributed by atoms with Crippen molar-refractivity contribution in [2.24, 2.45) is 4.99 Å². The van der Waals surface area contributed by atoms with Crippen molar-refractivity contribution in [2.75, 3.05) is 18.8 Å². The van der Waals surface area contributed by atoms with E-state index in [4.69, 9.17) is 0 Å². The van der Waals surface area contributed by atoms with Crippen LogP contribution >= 0.6 is 35.3 Å². The molecule has 0 saturated heterocycles. The third-order valence-electron chi connectivity index (χ3n) is 2.65. The monoisotopic (exact) mass is 415 g/mol. The minimum Gasteiger partial charge on any atom is -0.356 e. The fourth-order valence-electron chi connectivity index (χ4n) is 1.58. The normalized spacial score (nSPS) is 15.1. The zero-order valence-electron chi connectivity index (χ0n) is 10.7. The summed E-state index contributed by atoms with van der Waals surface area (Å²) >= 11 is 1.32. The molecular formula is C11H18IN3O2S2. The van der Waals surface area contributed by atoms with Crippen LogP contribution in [0.25, 0.3) is 0 Å². The summed E-state index contributed by atoms with van der Waals surface area (Å²) in [7, 11) is -3.08. The predicted octanol–water partition coefficient (Wildman–Crippen LogP) is 1.60. The maximum atomic E-state index is 11.7. The van der Waals surface area contributed by atoms with Crippen molar-refractivity contribution in [1.82, 2.24) is 10.6 Å². The highest BCUT2D eigenvalue weighted by molar-refractivity contribution is 14.0. The Kier molecular flexibility index (Phi) is 6.54. The van der Waals surface area contributed by atoms with E-state index in [1.165, 1.54) is 11.3 Å². The summed E-state index contributed by atoms with van der Waals surface area (Å²) in [6.07, 6.45) is 1.06. The van der Waals surface area contributed by atoms with E-state index in [2.05, 4.69) is 15.6 Å². The fourth-order valence-corrected chi connectivity index (χ4v) is 4.00. The number of nitrogens with zero attached hydrogens (tertiary/aromatic N) is 1. The molecule has 5 nitrogen and oxygen atoms in total.